The minimum Gasteiger partial charge on any atom is -0.494 e. The fraction of sp³-hybridized carbons (Fsp3) is 0.300. The van der Waals surface area contributed by atoms with Crippen molar-refractivity contribution in [3.8, 4) is 5.75 Å². The van der Waals surface area contributed by atoms with Crippen LogP contribution in [0.25, 0.3) is 0 Å². The maximum absolute atomic E-state index is 13.8. The molecule has 2 amide bonds. The molecule has 0 N–H and O–H groups in total. The predicted octanol–water partition coefficient (Wildman–Crippen LogP) is 5.09. The van der Waals surface area contributed by atoms with Gasteiger partial charge in [-0.25, -0.2) is 14.8 Å². The first kappa shape index (κ1) is 25.5. The summed E-state index contributed by atoms with van der Waals surface area (Å²) in [7, 11) is 1.32. The normalized spacial score (nSPS) is 20.5. The van der Waals surface area contributed by atoms with Crippen molar-refractivity contribution < 1.29 is 28.7 Å². The quantitative estimate of drug-likeness (QED) is 0.223. The van der Waals surface area contributed by atoms with Crippen LogP contribution in [0.5, 0.6) is 5.75 Å². The summed E-state index contributed by atoms with van der Waals surface area (Å²) in [6, 6.07) is 22.6. The average Bonchev–Trinajstić information content (AvgIpc) is 3.47. The Kier molecular flexibility index (Phi) is 7.42. The number of rotatable bonds is 9. The minimum atomic E-state index is -0.974. The van der Waals surface area contributed by atoms with Crippen LogP contribution in [0.4, 0.5) is 11.4 Å². The molecule has 0 aliphatic carbocycles. The van der Waals surface area contributed by atoms with Crippen molar-refractivity contribution in [1.82, 2.24) is 0 Å². The number of nitrogens with zero attached hydrogens (tertiary/aromatic N) is 2. The molecule has 0 unspecified atom stereocenters. The first-order chi connectivity index (χ1) is 18.5. The molecule has 8 nitrogen and oxygen atoms in total. The van der Waals surface area contributed by atoms with E-state index in [9.17, 15) is 14.4 Å². The number of ether oxygens (including phenoxy) is 2. The number of esters is 1. The second-order valence-electron chi connectivity index (χ2n) is 9.33. The zero-order chi connectivity index (χ0) is 26.6. The molecule has 0 saturated carbocycles. The van der Waals surface area contributed by atoms with Gasteiger partial charge in [-0.15, -0.1) is 0 Å². The number of anilines is 2. The molecule has 196 valence electrons. The monoisotopic (exact) mass is 514 g/mol. The Hall–Kier alpha value is -4.17. The highest BCUT2D eigenvalue weighted by Crippen LogP contribution is 2.47. The molecule has 0 bridgehead atoms. The van der Waals surface area contributed by atoms with E-state index >= 15 is 0 Å². The first-order valence-electron chi connectivity index (χ1n) is 12.8. The summed E-state index contributed by atoms with van der Waals surface area (Å²) in [5.41, 5.74) is 2.34. The highest BCUT2D eigenvalue weighted by molar-refractivity contribution is 6.24. The number of unbranched alkanes of at least 4 members (excludes halogenated alkanes) is 2. The zero-order valence-corrected chi connectivity index (χ0v) is 21.4. The van der Waals surface area contributed by atoms with Crippen LogP contribution in [0.1, 0.15) is 48.1 Å². The number of imide groups is 1. The fourth-order valence-electron chi connectivity index (χ4n) is 4.97. The number of methoxy groups -OCH3 is 1. The molecule has 2 saturated heterocycles. The average molecular weight is 515 g/mol. The number of carbonyl (C=O) groups is 3. The van der Waals surface area contributed by atoms with E-state index in [4.69, 9.17) is 14.3 Å². The van der Waals surface area contributed by atoms with Crippen LogP contribution in [0.2, 0.25) is 0 Å². The van der Waals surface area contributed by atoms with Gasteiger partial charge in [-0.3, -0.25) is 14.4 Å². The molecule has 8 heteroatoms. The third-order valence-electron chi connectivity index (χ3n) is 6.91. The molecule has 2 aliphatic heterocycles. The van der Waals surface area contributed by atoms with Gasteiger partial charge < -0.3 is 9.47 Å². The lowest BCUT2D eigenvalue weighted by Gasteiger charge is -2.28. The molecule has 0 radical (unpaired) electrons. The Morgan fingerprint density at radius 2 is 1.58 bits per heavy atom. The van der Waals surface area contributed by atoms with Gasteiger partial charge in [-0.2, -0.15) is 0 Å². The number of benzene rings is 3. The lowest BCUT2D eigenvalue weighted by molar-refractivity contribution is -0.126. The summed E-state index contributed by atoms with van der Waals surface area (Å²) in [6.45, 7) is 2.76. The maximum atomic E-state index is 13.8. The summed E-state index contributed by atoms with van der Waals surface area (Å²) in [6.07, 6.45) is 2.22. The third-order valence-corrected chi connectivity index (χ3v) is 6.91. The van der Waals surface area contributed by atoms with E-state index in [1.54, 1.807) is 53.6 Å². The van der Waals surface area contributed by atoms with Gasteiger partial charge in [-0.1, -0.05) is 50.1 Å². The number of amides is 2. The van der Waals surface area contributed by atoms with Gasteiger partial charge in [0.1, 0.15) is 11.7 Å². The molecule has 3 aromatic rings. The first-order valence-corrected chi connectivity index (χ1v) is 12.8. The van der Waals surface area contributed by atoms with Crippen molar-refractivity contribution in [2.45, 2.75) is 38.3 Å². The molecule has 3 aromatic carbocycles. The molecule has 0 aromatic heterocycles. The SMILES string of the molecule is CCCCCOc1ccc(N2C(=O)[C@H]3[C@@H](ON(c4ccccc4)[C@H]3c3ccc(C(=O)OC)cc3)C2=O)cc1. The van der Waals surface area contributed by atoms with Gasteiger partial charge in [-0.05, 0) is 60.5 Å². The van der Waals surface area contributed by atoms with Crippen molar-refractivity contribution >= 4 is 29.2 Å². The van der Waals surface area contributed by atoms with Gasteiger partial charge in [0.2, 0.25) is 5.91 Å². The third kappa shape index (κ3) is 4.75. The fourth-order valence-corrected chi connectivity index (χ4v) is 4.97. The Labute approximate surface area is 221 Å². The zero-order valence-electron chi connectivity index (χ0n) is 21.4. The highest BCUT2D eigenvalue weighted by atomic mass is 16.7. The summed E-state index contributed by atoms with van der Waals surface area (Å²) >= 11 is 0. The predicted molar refractivity (Wildman–Crippen MR) is 142 cm³/mol. The second kappa shape index (κ2) is 11.1. The summed E-state index contributed by atoms with van der Waals surface area (Å²) < 4.78 is 10.6. The van der Waals surface area contributed by atoms with Gasteiger partial charge in [0.15, 0.2) is 6.10 Å². The number of hydrogen-bond donors (Lipinski definition) is 0. The van der Waals surface area contributed by atoms with Crippen LogP contribution in [0.3, 0.4) is 0 Å². The standard InChI is InChI=1S/C30H30N2O6/c1-3-4-8-19-37-24-17-15-22(16-18-24)31-28(33)25-26(20-11-13-21(14-12-20)30(35)36-2)32(38-27(25)29(31)34)23-9-6-5-7-10-23/h5-7,9-18,25-27H,3-4,8,19H2,1-2H3/t25-,26+,27-/m1/s1. The van der Waals surface area contributed by atoms with Gasteiger partial charge in [0.25, 0.3) is 5.91 Å². The molecule has 5 rings (SSSR count). The summed E-state index contributed by atoms with van der Waals surface area (Å²) in [5.74, 6) is -1.27. The van der Waals surface area contributed by atoms with Crippen molar-refractivity contribution in [3.05, 3.63) is 90.0 Å². The van der Waals surface area contributed by atoms with E-state index in [0.717, 1.165) is 30.5 Å². The maximum Gasteiger partial charge on any atom is 0.337 e. The number of carbonyl (C=O) groups excluding carboxylic acids is 3. The lowest BCUT2D eigenvalue weighted by Crippen LogP contribution is -2.37. The van der Waals surface area contributed by atoms with E-state index in [1.807, 2.05) is 30.3 Å². The Bertz CT molecular complexity index is 1290. The van der Waals surface area contributed by atoms with Crippen LogP contribution in [0, 0.1) is 5.92 Å². The topological polar surface area (TPSA) is 85.4 Å². The summed E-state index contributed by atoms with van der Waals surface area (Å²) in [5, 5.41) is 1.63. The van der Waals surface area contributed by atoms with Crippen LogP contribution in [0.15, 0.2) is 78.9 Å². The molecule has 3 atom stereocenters. The van der Waals surface area contributed by atoms with Crippen LogP contribution in [-0.2, 0) is 19.2 Å². The summed E-state index contributed by atoms with van der Waals surface area (Å²) in [4.78, 5) is 46.7. The molecular weight excluding hydrogens is 484 g/mol. The van der Waals surface area contributed by atoms with Gasteiger partial charge in [0.05, 0.1) is 36.7 Å². The van der Waals surface area contributed by atoms with Gasteiger partial charge in [0, 0.05) is 0 Å². The van der Waals surface area contributed by atoms with Crippen LogP contribution >= 0.6 is 0 Å². The van der Waals surface area contributed by atoms with E-state index in [0.29, 0.717) is 23.6 Å². The minimum absolute atomic E-state index is 0.336. The van der Waals surface area contributed by atoms with E-state index < -0.39 is 29.9 Å². The Morgan fingerprint density at radius 3 is 2.24 bits per heavy atom. The number of hydroxylamine groups is 1. The van der Waals surface area contributed by atoms with E-state index in [1.165, 1.54) is 12.0 Å². The number of fused-ring (bicyclic) bond motifs is 1. The number of para-hydroxylation sites is 1. The van der Waals surface area contributed by atoms with Crippen molar-refractivity contribution in [1.29, 1.82) is 0 Å². The largest absolute Gasteiger partial charge is 0.494 e. The van der Waals surface area contributed by atoms with E-state index in [-0.39, 0.29) is 5.91 Å². The van der Waals surface area contributed by atoms with Crippen LogP contribution in [-0.4, -0.2) is 37.6 Å². The lowest BCUT2D eigenvalue weighted by atomic mass is 9.90. The Morgan fingerprint density at radius 1 is 0.868 bits per heavy atom. The second-order valence-corrected chi connectivity index (χ2v) is 9.33. The molecule has 0 spiro atoms. The Balaban J connectivity index is 1.43. The molecule has 38 heavy (non-hydrogen) atoms. The highest BCUT2D eigenvalue weighted by Gasteiger charge is 2.60. The molecular formula is C30H30N2O6. The van der Waals surface area contributed by atoms with Crippen molar-refractivity contribution in [3.63, 3.8) is 0 Å². The van der Waals surface area contributed by atoms with E-state index in [2.05, 4.69) is 6.92 Å². The van der Waals surface area contributed by atoms with Crippen molar-refractivity contribution in [2.75, 3.05) is 23.7 Å². The number of hydrogen-bond acceptors (Lipinski definition) is 7. The smallest absolute Gasteiger partial charge is 0.337 e. The van der Waals surface area contributed by atoms with Crippen LogP contribution < -0.4 is 14.7 Å². The molecule has 2 fully saturated rings. The van der Waals surface area contributed by atoms with Crippen molar-refractivity contribution in [2.24, 2.45) is 5.92 Å². The molecule has 2 heterocycles. The van der Waals surface area contributed by atoms with Gasteiger partial charge >= 0.3 is 5.97 Å². The molecule has 2 aliphatic rings.